The minimum absolute atomic E-state index is 0.0902. The van der Waals surface area contributed by atoms with E-state index in [4.69, 9.17) is 4.74 Å². The molecule has 0 saturated heterocycles. The van der Waals surface area contributed by atoms with E-state index in [0.717, 1.165) is 24.9 Å². The number of hydrogen-bond acceptors (Lipinski definition) is 3. The average molecular weight is 296 g/mol. The summed E-state index contributed by atoms with van der Waals surface area (Å²) in [5.41, 5.74) is 0.722. The Hall–Kier alpha value is -1.62. The van der Waals surface area contributed by atoms with Gasteiger partial charge in [-0.1, -0.05) is 26.0 Å². The van der Waals surface area contributed by atoms with Gasteiger partial charge in [-0.15, -0.1) is 0 Å². The molecule has 1 aromatic rings. The molecule has 0 aromatic heterocycles. The quantitative estimate of drug-likeness (QED) is 0.689. The van der Waals surface area contributed by atoms with Gasteiger partial charge >= 0.3 is 0 Å². The van der Waals surface area contributed by atoms with E-state index in [2.05, 4.69) is 17.6 Å². The minimum Gasteiger partial charge on any atom is -0.480 e. The predicted molar refractivity (Wildman–Crippen MR) is 81.8 cm³/mol. The van der Waals surface area contributed by atoms with Crippen LogP contribution in [-0.4, -0.2) is 25.1 Å². The number of benzene rings is 1. The Kier molecular flexibility index (Phi) is 7.75. The maximum atomic E-state index is 13.9. The summed E-state index contributed by atoms with van der Waals surface area (Å²) in [6.45, 7) is 7.17. The zero-order valence-corrected chi connectivity index (χ0v) is 13.0. The highest BCUT2D eigenvalue weighted by Crippen LogP contribution is 2.22. The smallest absolute Gasteiger partial charge is 0.258 e. The van der Waals surface area contributed by atoms with Crippen LogP contribution in [0.4, 0.5) is 4.39 Å². The Labute approximate surface area is 126 Å². The topological polar surface area (TPSA) is 50.4 Å². The lowest BCUT2D eigenvalue weighted by molar-refractivity contribution is -0.123. The summed E-state index contributed by atoms with van der Waals surface area (Å²) in [6.07, 6.45) is 1.85. The van der Waals surface area contributed by atoms with Crippen LogP contribution in [0, 0.1) is 5.82 Å². The van der Waals surface area contributed by atoms with Crippen molar-refractivity contribution in [2.24, 2.45) is 0 Å². The standard InChI is InChI=1S/C16H25FN2O2/c1-4-9-18-10-13-7-6-8-14(17)16(13)21-11-15(20)19-12(3)5-2/h6-8,12,18H,4-5,9-11H2,1-3H3,(H,19,20). The van der Waals surface area contributed by atoms with Crippen molar-refractivity contribution < 1.29 is 13.9 Å². The van der Waals surface area contributed by atoms with Crippen LogP contribution in [0.15, 0.2) is 18.2 Å². The lowest BCUT2D eigenvalue weighted by Gasteiger charge is -2.15. The molecule has 0 saturated carbocycles. The number of para-hydroxylation sites is 1. The molecule has 0 aliphatic rings. The second kappa shape index (κ2) is 9.34. The third kappa shape index (κ3) is 6.12. The molecular formula is C16H25FN2O2. The van der Waals surface area contributed by atoms with E-state index >= 15 is 0 Å². The van der Waals surface area contributed by atoms with Crippen LogP contribution in [0.2, 0.25) is 0 Å². The number of nitrogens with one attached hydrogen (secondary N) is 2. The molecule has 1 atom stereocenters. The van der Waals surface area contributed by atoms with Gasteiger partial charge in [0, 0.05) is 18.2 Å². The third-order valence-corrected chi connectivity index (χ3v) is 3.16. The SMILES string of the molecule is CCCNCc1cccc(F)c1OCC(=O)NC(C)CC. The van der Waals surface area contributed by atoms with Crippen molar-refractivity contribution in [3.8, 4) is 5.75 Å². The summed E-state index contributed by atoms with van der Waals surface area (Å²) in [6, 6.07) is 4.87. The van der Waals surface area contributed by atoms with Gasteiger partial charge in [-0.25, -0.2) is 4.39 Å². The highest BCUT2D eigenvalue weighted by Gasteiger charge is 2.12. The third-order valence-electron chi connectivity index (χ3n) is 3.16. The molecule has 21 heavy (non-hydrogen) atoms. The van der Waals surface area contributed by atoms with E-state index in [0.29, 0.717) is 6.54 Å². The molecule has 1 rings (SSSR count). The fourth-order valence-corrected chi connectivity index (χ4v) is 1.81. The van der Waals surface area contributed by atoms with E-state index in [-0.39, 0.29) is 24.3 Å². The maximum absolute atomic E-state index is 13.9. The van der Waals surface area contributed by atoms with Crippen molar-refractivity contribution in [1.82, 2.24) is 10.6 Å². The molecule has 5 heteroatoms. The number of amides is 1. The van der Waals surface area contributed by atoms with Gasteiger partial charge in [0.25, 0.3) is 5.91 Å². The molecule has 0 heterocycles. The summed E-state index contributed by atoms with van der Waals surface area (Å²) in [5.74, 6) is -0.525. The minimum atomic E-state index is -0.442. The Morgan fingerprint density at radius 1 is 1.38 bits per heavy atom. The fourth-order valence-electron chi connectivity index (χ4n) is 1.81. The van der Waals surface area contributed by atoms with Gasteiger partial charge < -0.3 is 15.4 Å². The summed E-state index contributed by atoms with van der Waals surface area (Å²) in [7, 11) is 0. The highest BCUT2D eigenvalue weighted by molar-refractivity contribution is 5.77. The Balaban J connectivity index is 2.62. The van der Waals surface area contributed by atoms with Crippen LogP contribution in [-0.2, 0) is 11.3 Å². The number of halogens is 1. The van der Waals surface area contributed by atoms with E-state index < -0.39 is 5.82 Å². The molecule has 1 aromatic carbocycles. The molecule has 0 radical (unpaired) electrons. The molecule has 1 unspecified atom stereocenters. The zero-order chi connectivity index (χ0) is 15.7. The summed E-state index contributed by atoms with van der Waals surface area (Å²) in [4.78, 5) is 11.7. The first-order chi connectivity index (χ1) is 10.1. The van der Waals surface area contributed by atoms with E-state index in [1.165, 1.54) is 6.07 Å². The molecule has 0 spiro atoms. The van der Waals surface area contributed by atoms with Crippen molar-refractivity contribution in [3.05, 3.63) is 29.6 Å². The number of carbonyl (C=O) groups is 1. The van der Waals surface area contributed by atoms with Crippen LogP contribution in [0.5, 0.6) is 5.75 Å². The molecule has 0 aliphatic carbocycles. The Morgan fingerprint density at radius 3 is 2.81 bits per heavy atom. The number of rotatable bonds is 9. The average Bonchev–Trinajstić information content (AvgIpc) is 2.46. The summed E-state index contributed by atoms with van der Waals surface area (Å²) < 4.78 is 19.2. The largest absolute Gasteiger partial charge is 0.480 e. The molecule has 0 fully saturated rings. The lowest BCUT2D eigenvalue weighted by atomic mass is 10.2. The van der Waals surface area contributed by atoms with Crippen LogP contribution in [0.3, 0.4) is 0 Å². The normalized spacial score (nSPS) is 12.0. The zero-order valence-electron chi connectivity index (χ0n) is 13.0. The van der Waals surface area contributed by atoms with Crippen LogP contribution in [0.25, 0.3) is 0 Å². The Bertz CT molecular complexity index is 452. The maximum Gasteiger partial charge on any atom is 0.258 e. The van der Waals surface area contributed by atoms with Crippen LogP contribution >= 0.6 is 0 Å². The molecular weight excluding hydrogens is 271 g/mol. The van der Waals surface area contributed by atoms with Gasteiger partial charge in [-0.2, -0.15) is 0 Å². The fraction of sp³-hybridized carbons (Fsp3) is 0.562. The first-order valence-electron chi connectivity index (χ1n) is 7.48. The molecule has 4 nitrogen and oxygen atoms in total. The Morgan fingerprint density at radius 2 is 2.14 bits per heavy atom. The number of ether oxygens (including phenoxy) is 1. The highest BCUT2D eigenvalue weighted by atomic mass is 19.1. The van der Waals surface area contributed by atoms with Gasteiger partial charge in [-0.3, -0.25) is 4.79 Å². The predicted octanol–water partition coefficient (Wildman–Crippen LogP) is 2.62. The second-order valence-electron chi connectivity index (χ2n) is 5.07. The number of carbonyl (C=O) groups excluding carboxylic acids is 1. The molecule has 0 bridgehead atoms. The first kappa shape index (κ1) is 17.4. The van der Waals surface area contributed by atoms with Gasteiger partial charge in [0.05, 0.1) is 0 Å². The van der Waals surface area contributed by atoms with E-state index in [1.54, 1.807) is 12.1 Å². The van der Waals surface area contributed by atoms with Gasteiger partial charge in [0.2, 0.25) is 0 Å². The van der Waals surface area contributed by atoms with Crippen molar-refractivity contribution in [1.29, 1.82) is 0 Å². The van der Waals surface area contributed by atoms with E-state index in [1.807, 2.05) is 13.8 Å². The summed E-state index contributed by atoms with van der Waals surface area (Å²) in [5, 5.41) is 5.99. The van der Waals surface area contributed by atoms with Crippen LogP contribution in [0.1, 0.15) is 39.2 Å². The van der Waals surface area contributed by atoms with Gasteiger partial charge in [-0.05, 0) is 32.4 Å². The monoisotopic (exact) mass is 296 g/mol. The second-order valence-corrected chi connectivity index (χ2v) is 5.07. The number of hydrogen-bond donors (Lipinski definition) is 2. The van der Waals surface area contributed by atoms with Crippen molar-refractivity contribution in [2.45, 2.75) is 46.2 Å². The van der Waals surface area contributed by atoms with E-state index in [9.17, 15) is 9.18 Å². The van der Waals surface area contributed by atoms with Gasteiger partial charge in [0.1, 0.15) is 0 Å². The lowest BCUT2D eigenvalue weighted by Crippen LogP contribution is -2.35. The summed E-state index contributed by atoms with van der Waals surface area (Å²) >= 11 is 0. The molecule has 0 aliphatic heterocycles. The van der Waals surface area contributed by atoms with Crippen LogP contribution < -0.4 is 15.4 Å². The molecule has 118 valence electrons. The van der Waals surface area contributed by atoms with Crippen molar-refractivity contribution >= 4 is 5.91 Å². The van der Waals surface area contributed by atoms with Crippen molar-refractivity contribution in [2.75, 3.05) is 13.2 Å². The molecule has 1 amide bonds. The van der Waals surface area contributed by atoms with Gasteiger partial charge in [0.15, 0.2) is 18.2 Å². The first-order valence-corrected chi connectivity index (χ1v) is 7.48. The molecule has 2 N–H and O–H groups in total. The van der Waals surface area contributed by atoms with Crippen molar-refractivity contribution in [3.63, 3.8) is 0 Å².